The summed E-state index contributed by atoms with van der Waals surface area (Å²) in [5.41, 5.74) is 0.219. The van der Waals surface area contributed by atoms with E-state index in [0.717, 1.165) is 24.2 Å². The fourth-order valence-electron chi connectivity index (χ4n) is 5.83. The van der Waals surface area contributed by atoms with Crippen LogP contribution in [-0.2, 0) is 6.42 Å². The van der Waals surface area contributed by atoms with Crippen molar-refractivity contribution in [1.29, 1.82) is 5.26 Å². The van der Waals surface area contributed by atoms with Gasteiger partial charge in [-0.05, 0) is 79.9 Å². The Labute approximate surface area is 175 Å². The summed E-state index contributed by atoms with van der Waals surface area (Å²) in [7, 11) is 0. The van der Waals surface area contributed by atoms with Crippen molar-refractivity contribution in [2.24, 2.45) is 23.7 Å². The van der Waals surface area contributed by atoms with Crippen LogP contribution in [0.4, 0.5) is 8.78 Å². The van der Waals surface area contributed by atoms with Crippen LogP contribution in [0.25, 0.3) is 0 Å². The molecule has 1 aromatic rings. The van der Waals surface area contributed by atoms with Gasteiger partial charge in [-0.15, -0.1) is 0 Å². The maximum absolute atomic E-state index is 13.8. The van der Waals surface area contributed by atoms with Crippen molar-refractivity contribution in [3.05, 3.63) is 34.9 Å². The standard InChI is InChI=1S/C26H37F2N/c1-2-3-4-5-19-8-12-22(13-9-19)23-14-10-20(11-15-23)6-7-21-16-25(27)24(18-29)26(28)17-21/h16-17,19-20,22-23H,2-15H2,1H3. The minimum Gasteiger partial charge on any atom is -0.205 e. The smallest absolute Gasteiger partial charge is 0.144 e. The maximum Gasteiger partial charge on any atom is 0.144 e. The normalized spacial score (nSPS) is 27.5. The van der Waals surface area contributed by atoms with E-state index in [1.165, 1.54) is 89.2 Å². The van der Waals surface area contributed by atoms with E-state index in [1.807, 2.05) is 0 Å². The van der Waals surface area contributed by atoms with Crippen LogP contribution in [0, 0.1) is 46.6 Å². The SMILES string of the molecule is CCCCCC1CCC(C2CCC(CCc3cc(F)c(C#N)c(F)c3)CC2)CC1. The number of hydrogen-bond acceptors (Lipinski definition) is 1. The molecule has 2 aliphatic carbocycles. The zero-order valence-electron chi connectivity index (χ0n) is 18.1. The lowest BCUT2D eigenvalue weighted by Gasteiger charge is -2.38. The Morgan fingerprint density at radius 1 is 0.828 bits per heavy atom. The van der Waals surface area contributed by atoms with Crippen molar-refractivity contribution in [3.8, 4) is 6.07 Å². The molecule has 0 saturated heterocycles. The molecule has 0 bridgehead atoms. The molecular weight excluding hydrogens is 364 g/mol. The molecule has 0 spiro atoms. The minimum absolute atomic E-state index is 0.464. The van der Waals surface area contributed by atoms with Crippen LogP contribution in [0.2, 0.25) is 0 Å². The van der Waals surface area contributed by atoms with Crippen LogP contribution in [0.3, 0.4) is 0 Å². The van der Waals surface area contributed by atoms with Gasteiger partial charge >= 0.3 is 0 Å². The molecule has 2 aliphatic rings. The Morgan fingerprint density at radius 3 is 1.83 bits per heavy atom. The number of halogens is 2. The second kappa shape index (κ2) is 11.1. The Hall–Kier alpha value is -1.43. The summed E-state index contributed by atoms with van der Waals surface area (Å²) in [6.45, 7) is 2.29. The summed E-state index contributed by atoms with van der Waals surface area (Å²) >= 11 is 0. The lowest BCUT2D eigenvalue weighted by Crippen LogP contribution is -2.26. The van der Waals surface area contributed by atoms with Crippen molar-refractivity contribution in [2.75, 3.05) is 0 Å². The molecule has 2 saturated carbocycles. The topological polar surface area (TPSA) is 23.8 Å². The van der Waals surface area contributed by atoms with E-state index >= 15 is 0 Å². The van der Waals surface area contributed by atoms with Crippen LogP contribution >= 0.6 is 0 Å². The van der Waals surface area contributed by atoms with E-state index in [1.54, 1.807) is 6.07 Å². The Bertz CT molecular complexity index is 653. The molecule has 1 nitrogen and oxygen atoms in total. The van der Waals surface area contributed by atoms with Gasteiger partial charge in [0.1, 0.15) is 23.3 Å². The molecular formula is C26H37F2N. The van der Waals surface area contributed by atoms with E-state index in [9.17, 15) is 8.78 Å². The van der Waals surface area contributed by atoms with Crippen molar-refractivity contribution in [2.45, 2.75) is 96.8 Å². The van der Waals surface area contributed by atoms with E-state index < -0.39 is 17.2 Å². The molecule has 0 amide bonds. The number of benzene rings is 1. The van der Waals surface area contributed by atoms with Crippen molar-refractivity contribution in [3.63, 3.8) is 0 Å². The molecule has 0 N–H and O–H groups in total. The average Bonchev–Trinajstić information content (AvgIpc) is 2.73. The summed E-state index contributed by atoms with van der Waals surface area (Å²) in [6, 6.07) is 4.28. The minimum atomic E-state index is -0.725. The van der Waals surface area contributed by atoms with Crippen LogP contribution in [0.15, 0.2) is 12.1 Å². The first-order chi connectivity index (χ1) is 14.1. The van der Waals surface area contributed by atoms with E-state index in [-0.39, 0.29) is 0 Å². The molecule has 3 heteroatoms. The van der Waals surface area contributed by atoms with Gasteiger partial charge in [-0.25, -0.2) is 8.78 Å². The molecule has 2 fully saturated rings. The highest BCUT2D eigenvalue weighted by atomic mass is 19.1. The van der Waals surface area contributed by atoms with Gasteiger partial charge in [0.15, 0.2) is 0 Å². The second-order valence-corrected chi connectivity index (χ2v) is 9.64. The summed E-state index contributed by atoms with van der Waals surface area (Å²) in [4.78, 5) is 0. The van der Waals surface area contributed by atoms with E-state index in [4.69, 9.17) is 5.26 Å². The third-order valence-electron chi connectivity index (χ3n) is 7.72. The Kier molecular flexibility index (Phi) is 8.52. The van der Waals surface area contributed by atoms with Gasteiger partial charge in [-0.3, -0.25) is 0 Å². The third-order valence-corrected chi connectivity index (χ3v) is 7.72. The monoisotopic (exact) mass is 401 g/mol. The second-order valence-electron chi connectivity index (χ2n) is 9.64. The summed E-state index contributed by atoms with van der Waals surface area (Å²) in [5.74, 6) is 2.07. The van der Waals surface area contributed by atoms with Crippen LogP contribution in [0.1, 0.15) is 102 Å². The molecule has 0 atom stereocenters. The number of aryl methyl sites for hydroxylation is 1. The number of hydrogen-bond donors (Lipinski definition) is 0. The molecule has 0 aromatic heterocycles. The number of rotatable bonds is 8. The Balaban J connectivity index is 1.37. The zero-order valence-corrected chi connectivity index (χ0v) is 18.1. The lowest BCUT2D eigenvalue weighted by atomic mass is 9.68. The summed E-state index contributed by atoms with van der Waals surface area (Å²) < 4.78 is 27.6. The molecule has 29 heavy (non-hydrogen) atoms. The molecule has 1 aromatic carbocycles. The van der Waals surface area contributed by atoms with Gasteiger partial charge < -0.3 is 0 Å². The number of nitriles is 1. The Morgan fingerprint density at radius 2 is 1.34 bits per heavy atom. The first-order valence-corrected chi connectivity index (χ1v) is 12.0. The molecule has 0 unspecified atom stereocenters. The van der Waals surface area contributed by atoms with Gasteiger partial charge in [0, 0.05) is 0 Å². The average molecular weight is 402 g/mol. The highest BCUT2D eigenvalue weighted by Gasteiger charge is 2.30. The fourth-order valence-corrected chi connectivity index (χ4v) is 5.83. The van der Waals surface area contributed by atoms with Gasteiger partial charge in [-0.1, -0.05) is 58.3 Å². The largest absolute Gasteiger partial charge is 0.205 e. The fraction of sp³-hybridized carbons (Fsp3) is 0.731. The first kappa shape index (κ1) is 22.3. The molecule has 0 heterocycles. The highest BCUT2D eigenvalue weighted by molar-refractivity contribution is 5.35. The first-order valence-electron chi connectivity index (χ1n) is 12.0. The van der Waals surface area contributed by atoms with Gasteiger partial charge in [-0.2, -0.15) is 5.26 Å². The van der Waals surface area contributed by atoms with Gasteiger partial charge in [0.2, 0.25) is 0 Å². The van der Waals surface area contributed by atoms with Crippen molar-refractivity contribution >= 4 is 0 Å². The molecule has 3 rings (SSSR count). The molecule has 0 aliphatic heterocycles. The van der Waals surface area contributed by atoms with Crippen molar-refractivity contribution < 1.29 is 8.78 Å². The molecule has 0 radical (unpaired) electrons. The predicted molar refractivity (Wildman–Crippen MR) is 114 cm³/mol. The van der Waals surface area contributed by atoms with Gasteiger partial charge in [0.05, 0.1) is 0 Å². The van der Waals surface area contributed by atoms with E-state index in [2.05, 4.69) is 6.92 Å². The quantitative estimate of drug-likeness (QED) is 0.405. The van der Waals surface area contributed by atoms with E-state index in [0.29, 0.717) is 17.9 Å². The van der Waals surface area contributed by atoms with Gasteiger partial charge in [0.25, 0.3) is 0 Å². The summed E-state index contributed by atoms with van der Waals surface area (Å²) in [5, 5.41) is 8.79. The highest BCUT2D eigenvalue weighted by Crippen LogP contribution is 2.43. The molecule has 160 valence electrons. The predicted octanol–water partition coefficient (Wildman–Crippen LogP) is 7.96. The van der Waals surface area contributed by atoms with Crippen molar-refractivity contribution in [1.82, 2.24) is 0 Å². The van der Waals surface area contributed by atoms with Crippen LogP contribution in [0.5, 0.6) is 0 Å². The summed E-state index contributed by atoms with van der Waals surface area (Å²) in [6.07, 6.45) is 18.3. The number of unbranched alkanes of at least 4 members (excludes halogenated alkanes) is 2. The maximum atomic E-state index is 13.8. The van der Waals surface area contributed by atoms with Crippen LogP contribution in [-0.4, -0.2) is 0 Å². The number of nitrogens with zero attached hydrogens (tertiary/aromatic N) is 1. The third kappa shape index (κ3) is 6.27. The lowest BCUT2D eigenvalue weighted by molar-refractivity contribution is 0.140. The zero-order chi connectivity index (χ0) is 20.6. The van der Waals surface area contributed by atoms with Crippen LogP contribution < -0.4 is 0 Å².